The normalized spacial score (nSPS) is 9.84. The molecule has 2 aromatic rings. The third-order valence-corrected chi connectivity index (χ3v) is 3.22. The number of amides is 2. The van der Waals surface area contributed by atoms with Crippen LogP contribution in [0.15, 0.2) is 48.5 Å². The summed E-state index contributed by atoms with van der Waals surface area (Å²) in [5.74, 6) is 0.871. The molecule has 2 rings (SSSR count). The van der Waals surface area contributed by atoms with Gasteiger partial charge < -0.3 is 14.2 Å². The van der Waals surface area contributed by atoms with Crippen molar-refractivity contribution >= 4 is 11.8 Å². The third kappa shape index (κ3) is 6.06. The Morgan fingerprint density at radius 3 is 2.00 bits per heavy atom. The molecule has 7 heteroatoms. The van der Waals surface area contributed by atoms with E-state index in [1.54, 1.807) is 37.4 Å². The van der Waals surface area contributed by atoms with Gasteiger partial charge in [0.25, 0.3) is 11.8 Å². The fraction of sp³-hybridized carbons (Fsp3) is 0.222. The first kappa shape index (κ1) is 18.1. The zero-order valence-electron chi connectivity index (χ0n) is 14.1. The number of ether oxygens (including phenoxy) is 3. The zero-order valence-corrected chi connectivity index (χ0v) is 14.1. The van der Waals surface area contributed by atoms with Gasteiger partial charge in [-0.05, 0) is 42.8 Å². The van der Waals surface area contributed by atoms with Crippen LogP contribution >= 0.6 is 0 Å². The number of benzene rings is 2. The van der Waals surface area contributed by atoms with E-state index in [4.69, 9.17) is 14.2 Å². The number of hydrogen-bond acceptors (Lipinski definition) is 5. The smallest absolute Gasteiger partial charge is 0.276 e. The Hall–Kier alpha value is -3.22. The molecular formula is C18H20N2O5. The van der Waals surface area contributed by atoms with Crippen molar-refractivity contribution in [2.45, 2.75) is 6.92 Å². The van der Waals surface area contributed by atoms with E-state index in [9.17, 15) is 9.59 Å². The second kappa shape index (κ2) is 9.17. The SMILES string of the molecule is COc1ccc(OCC(=O)NNC(=O)COc2ccccc2C)cc1. The number of aryl methyl sites for hydroxylation is 1. The molecule has 0 heterocycles. The summed E-state index contributed by atoms with van der Waals surface area (Å²) >= 11 is 0. The molecule has 132 valence electrons. The number of carbonyl (C=O) groups is 2. The fourth-order valence-corrected chi connectivity index (χ4v) is 1.89. The van der Waals surface area contributed by atoms with Crippen LogP contribution in [0.25, 0.3) is 0 Å². The Morgan fingerprint density at radius 2 is 1.40 bits per heavy atom. The molecule has 0 fully saturated rings. The summed E-state index contributed by atoms with van der Waals surface area (Å²) < 4.78 is 15.7. The molecule has 7 nitrogen and oxygen atoms in total. The molecule has 0 saturated heterocycles. The highest BCUT2D eigenvalue weighted by molar-refractivity contribution is 5.83. The number of para-hydroxylation sites is 1. The van der Waals surface area contributed by atoms with Crippen LogP contribution in [0.4, 0.5) is 0 Å². The predicted octanol–water partition coefficient (Wildman–Crippen LogP) is 1.61. The lowest BCUT2D eigenvalue weighted by Crippen LogP contribution is -2.45. The molecule has 0 unspecified atom stereocenters. The summed E-state index contributed by atoms with van der Waals surface area (Å²) in [6.45, 7) is 1.45. The topological polar surface area (TPSA) is 85.9 Å². The third-order valence-electron chi connectivity index (χ3n) is 3.22. The molecule has 0 aliphatic carbocycles. The zero-order chi connectivity index (χ0) is 18.1. The highest BCUT2D eigenvalue weighted by atomic mass is 16.5. The monoisotopic (exact) mass is 344 g/mol. The summed E-state index contributed by atoms with van der Waals surface area (Å²) in [7, 11) is 1.56. The fourth-order valence-electron chi connectivity index (χ4n) is 1.89. The van der Waals surface area contributed by atoms with Crippen molar-refractivity contribution in [2.75, 3.05) is 20.3 Å². The summed E-state index contributed by atoms with van der Waals surface area (Å²) in [5.41, 5.74) is 5.44. The minimum Gasteiger partial charge on any atom is -0.497 e. The lowest BCUT2D eigenvalue weighted by atomic mass is 10.2. The molecule has 2 aromatic carbocycles. The molecule has 0 radical (unpaired) electrons. The van der Waals surface area contributed by atoms with E-state index in [1.807, 2.05) is 25.1 Å². The number of hydrazine groups is 1. The molecule has 0 atom stereocenters. The molecule has 25 heavy (non-hydrogen) atoms. The van der Waals surface area contributed by atoms with Crippen LogP contribution in [0.2, 0.25) is 0 Å². The van der Waals surface area contributed by atoms with Gasteiger partial charge in [-0.25, -0.2) is 0 Å². The molecule has 0 aliphatic heterocycles. The number of carbonyl (C=O) groups excluding carboxylic acids is 2. The van der Waals surface area contributed by atoms with Crippen molar-refractivity contribution in [3.63, 3.8) is 0 Å². The Kier molecular flexibility index (Phi) is 6.65. The van der Waals surface area contributed by atoms with Crippen molar-refractivity contribution in [3.05, 3.63) is 54.1 Å². The number of methoxy groups -OCH3 is 1. The van der Waals surface area contributed by atoms with Crippen LogP contribution in [0, 0.1) is 6.92 Å². The van der Waals surface area contributed by atoms with Gasteiger partial charge in [0.1, 0.15) is 17.2 Å². The number of rotatable bonds is 7. The van der Waals surface area contributed by atoms with Gasteiger partial charge in [0, 0.05) is 0 Å². The van der Waals surface area contributed by atoms with E-state index in [0.29, 0.717) is 17.2 Å². The average molecular weight is 344 g/mol. The van der Waals surface area contributed by atoms with E-state index >= 15 is 0 Å². The van der Waals surface area contributed by atoms with Gasteiger partial charge in [-0.3, -0.25) is 20.4 Å². The van der Waals surface area contributed by atoms with Gasteiger partial charge in [-0.15, -0.1) is 0 Å². The maximum atomic E-state index is 11.7. The van der Waals surface area contributed by atoms with Gasteiger partial charge >= 0.3 is 0 Å². The summed E-state index contributed by atoms with van der Waals surface area (Å²) in [4.78, 5) is 23.3. The highest BCUT2D eigenvalue weighted by Gasteiger charge is 2.07. The van der Waals surface area contributed by atoms with Crippen LogP contribution < -0.4 is 25.1 Å². The predicted molar refractivity (Wildman–Crippen MR) is 91.4 cm³/mol. The molecule has 0 spiro atoms. The van der Waals surface area contributed by atoms with Gasteiger partial charge in [-0.1, -0.05) is 18.2 Å². The first-order valence-electron chi connectivity index (χ1n) is 7.61. The molecule has 0 aromatic heterocycles. The lowest BCUT2D eigenvalue weighted by Gasteiger charge is -2.11. The van der Waals surface area contributed by atoms with Crippen LogP contribution in [0.1, 0.15) is 5.56 Å². The molecule has 0 saturated carbocycles. The second-order valence-corrected chi connectivity index (χ2v) is 5.11. The summed E-state index contributed by atoms with van der Waals surface area (Å²) in [6.07, 6.45) is 0. The minimum atomic E-state index is -0.486. The largest absolute Gasteiger partial charge is 0.497 e. The molecular weight excluding hydrogens is 324 g/mol. The summed E-state index contributed by atoms with van der Waals surface area (Å²) in [5, 5.41) is 0. The average Bonchev–Trinajstić information content (AvgIpc) is 2.64. The molecule has 2 N–H and O–H groups in total. The van der Waals surface area contributed by atoms with E-state index in [0.717, 1.165) is 5.56 Å². The molecule has 0 aliphatic rings. The van der Waals surface area contributed by atoms with Gasteiger partial charge in [0.05, 0.1) is 7.11 Å². The Bertz CT molecular complexity index is 716. The van der Waals surface area contributed by atoms with Crippen molar-refractivity contribution < 1.29 is 23.8 Å². The number of hydrogen-bond donors (Lipinski definition) is 2. The number of nitrogens with one attached hydrogen (secondary N) is 2. The lowest BCUT2D eigenvalue weighted by molar-refractivity contribution is -0.131. The Balaban J connectivity index is 1.66. The Morgan fingerprint density at radius 1 is 0.840 bits per heavy atom. The second-order valence-electron chi connectivity index (χ2n) is 5.11. The molecule has 2 amide bonds. The van der Waals surface area contributed by atoms with Crippen molar-refractivity contribution in [3.8, 4) is 17.2 Å². The van der Waals surface area contributed by atoms with E-state index in [-0.39, 0.29) is 13.2 Å². The van der Waals surface area contributed by atoms with Crippen LogP contribution in [0.5, 0.6) is 17.2 Å². The maximum Gasteiger partial charge on any atom is 0.276 e. The quantitative estimate of drug-likeness (QED) is 0.745. The van der Waals surface area contributed by atoms with E-state index in [2.05, 4.69) is 10.9 Å². The first-order valence-corrected chi connectivity index (χ1v) is 7.61. The van der Waals surface area contributed by atoms with Crippen LogP contribution in [0.3, 0.4) is 0 Å². The van der Waals surface area contributed by atoms with E-state index in [1.165, 1.54) is 0 Å². The van der Waals surface area contributed by atoms with E-state index < -0.39 is 11.8 Å². The first-order chi connectivity index (χ1) is 12.1. The Labute approximate surface area is 145 Å². The van der Waals surface area contributed by atoms with Gasteiger partial charge in [-0.2, -0.15) is 0 Å². The highest BCUT2D eigenvalue weighted by Crippen LogP contribution is 2.17. The van der Waals surface area contributed by atoms with Crippen molar-refractivity contribution in [2.24, 2.45) is 0 Å². The standard InChI is InChI=1S/C18H20N2O5/c1-13-5-3-4-6-16(13)25-12-18(22)20-19-17(21)11-24-15-9-7-14(23-2)8-10-15/h3-10H,11-12H2,1-2H3,(H,19,21)(H,20,22). The summed E-state index contributed by atoms with van der Waals surface area (Å²) in [6, 6.07) is 14.1. The maximum absolute atomic E-state index is 11.7. The minimum absolute atomic E-state index is 0.204. The van der Waals surface area contributed by atoms with Gasteiger partial charge in [0.15, 0.2) is 13.2 Å². The molecule has 0 bridgehead atoms. The van der Waals surface area contributed by atoms with Crippen LogP contribution in [-0.4, -0.2) is 32.1 Å². The van der Waals surface area contributed by atoms with Crippen molar-refractivity contribution in [1.82, 2.24) is 10.9 Å². The van der Waals surface area contributed by atoms with Crippen LogP contribution in [-0.2, 0) is 9.59 Å². The van der Waals surface area contributed by atoms with Crippen molar-refractivity contribution in [1.29, 1.82) is 0 Å². The van der Waals surface area contributed by atoms with Gasteiger partial charge in [0.2, 0.25) is 0 Å².